The summed E-state index contributed by atoms with van der Waals surface area (Å²) < 4.78 is 41.8. The summed E-state index contributed by atoms with van der Waals surface area (Å²) in [4.78, 5) is 41.5. The minimum absolute atomic E-state index is 0.207. The molecule has 3 rings (SSSR count). The van der Waals surface area contributed by atoms with Gasteiger partial charge in [-0.3, -0.25) is 19.0 Å². The van der Waals surface area contributed by atoms with Gasteiger partial charge in [0.15, 0.2) is 22.6 Å². The highest BCUT2D eigenvalue weighted by Gasteiger charge is 2.21. The summed E-state index contributed by atoms with van der Waals surface area (Å²) in [6.07, 6.45) is 1.54. The van der Waals surface area contributed by atoms with E-state index < -0.39 is 46.7 Å². The summed E-state index contributed by atoms with van der Waals surface area (Å²) in [6, 6.07) is 3.25. The minimum Gasteiger partial charge on any atom is -0.346 e. The Labute approximate surface area is 188 Å². The molecule has 12 heteroatoms. The number of thioether (sulfide) groups is 1. The third kappa shape index (κ3) is 5.02. The zero-order chi connectivity index (χ0) is 23.4. The van der Waals surface area contributed by atoms with Gasteiger partial charge in [0.1, 0.15) is 4.70 Å². The van der Waals surface area contributed by atoms with E-state index in [1.165, 1.54) is 15.9 Å². The number of anilines is 1. The second kappa shape index (κ2) is 10.0. The molecule has 32 heavy (non-hydrogen) atoms. The smallest absolute Gasteiger partial charge is 0.272 e. The zero-order valence-electron chi connectivity index (χ0n) is 16.7. The van der Waals surface area contributed by atoms with Crippen LogP contribution < -0.4 is 16.2 Å². The molecule has 0 aliphatic carbocycles. The molecule has 0 saturated heterocycles. The van der Waals surface area contributed by atoms with Gasteiger partial charge in [-0.25, -0.2) is 18.2 Å². The fourth-order valence-corrected chi connectivity index (χ4v) is 4.36. The second-order valence-electron chi connectivity index (χ2n) is 6.48. The van der Waals surface area contributed by atoms with Crippen molar-refractivity contribution in [3.63, 3.8) is 0 Å². The number of benzene rings is 1. The van der Waals surface area contributed by atoms with Crippen molar-refractivity contribution in [3.05, 3.63) is 64.0 Å². The van der Waals surface area contributed by atoms with Gasteiger partial charge in [0.25, 0.3) is 5.56 Å². The maximum absolute atomic E-state index is 13.7. The van der Waals surface area contributed by atoms with Crippen LogP contribution in [0.2, 0.25) is 0 Å². The van der Waals surface area contributed by atoms with Gasteiger partial charge in [-0.1, -0.05) is 17.8 Å². The van der Waals surface area contributed by atoms with Crippen LogP contribution in [0, 0.1) is 17.5 Å². The molecule has 2 heterocycles. The molecule has 3 aromatic rings. The number of allylic oxidation sites excluding steroid dienone is 1. The first kappa shape index (κ1) is 23.5. The molecule has 1 atom stereocenters. The summed E-state index contributed by atoms with van der Waals surface area (Å²) in [5, 5.41) is 5.76. The van der Waals surface area contributed by atoms with E-state index in [0.717, 1.165) is 17.8 Å². The van der Waals surface area contributed by atoms with Crippen molar-refractivity contribution in [1.82, 2.24) is 14.9 Å². The van der Waals surface area contributed by atoms with Crippen LogP contribution in [0.1, 0.15) is 6.92 Å². The lowest BCUT2D eigenvalue weighted by atomic mass is 10.2. The molecule has 2 N–H and O–H groups in total. The number of hydrogen-bond donors (Lipinski definition) is 2. The number of hydrogen-bond acceptors (Lipinski definition) is 6. The third-order valence-electron chi connectivity index (χ3n) is 4.23. The molecule has 1 aromatic carbocycles. The molecule has 168 valence electrons. The first-order chi connectivity index (χ1) is 15.2. The van der Waals surface area contributed by atoms with Crippen molar-refractivity contribution in [3.8, 4) is 0 Å². The van der Waals surface area contributed by atoms with Crippen LogP contribution in [0.3, 0.4) is 0 Å². The maximum atomic E-state index is 13.7. The molecular formula is C20H17F3N4O3S2. The molecule has 0 unspecified atom stereocenters. The number of halogens is 3. The predicted octanol–water partition coefficient (Wildman–Crippen LogP) is 3.30. The highest BCUT2D eigenvalue weighted by atomic mass is 32.2. The number of thiophene rings is 1. The zero-order valence-corrected chi connectivity index (χ0v) is 18.3. The Morgan fingerprint density at radius 3 is 2.75 bits per heavy atom. The minimum atomic E-state index is -1.71. The molecule has 0 aliphatic heterocycles. The van der Waals surface area contributed by atoms with E-state index in [0.29, 0.717) is 21.4 Å². The summed E-state index contributed by atoms with van der Waals surface area (Å²) in [7, 11) is 0. The molecule has 0 saturated carbocycles. The topological polar surface area (TPSA) is 93.1 Å². The van der Waals surface area contributed by atoms with Gasteiger partial charge < -0.3 is 10.6 Å². The molecule has 2 aromatic heterocycles. The van der Waals surface area contributed by atoms with E-state index in [4.69, 9.17) is 0 Å². The largest absolute Gasteiger partial charge is 0.346 e. The van der Waals surface area contributed by atoms with E-state index >= 15 is 0 Å². The number of nitrogens with one attached hydrogen (secondary N) is 2. The van der Waals surface area contributed by atoms with Crippen molar-refractivity contribution in [1.29, 1.82) is 0 Å². The second-order valence-corrected chi connectivity index (χ2v) is 8.71. The lowest BCUT2D eigenvalue weighted by Gasteiger charge is -2.15. The van der Waals surface area contributed by atoms with Crippen molar-refractivity contribution in [2.45, 2.75) is 23.9 Å². The number of carbonyl (C=O) groups is 2. The first-order valence-corrected chi connectivity index (χ1v) is 11.0. The van der Waals surface area contributed by atoms with Gasteiger partial charge in [-0.15, -0.1) is 17.9 Å². The Morgan fingerprint density at radius 2 is 2.03 bits per heavy atom. The van der Waals surface area contributed by atoms with Gasteiger partial charge in [0, 0.05) is 6.54 Å². The van der Waals surface area contributed by atoms with Gasteiger partial charge in [0.2, 0.25) is 11.8 Å². The quantitative estimate of drug-likeness (QED) is 0.222. The Morgan fingerprint density at radius 1 is 1.28 bits per heavy atom. The number of fused-ring (bicyclic) bond motifs is 1. The van der Waals surface area contributed by atoms with E-state index in [1.54, 1.807) is 24.4 Å². The molecule has 0 radical (unpaired) electrons. The summed E-state index contributed by atoms with van der Waals surface area (Å²) >= 11 is 2.29. The molecule has 0 aliphatic rings. The number of carbonyl (C=O) groups excluding carboxylic acids is 2. The molecule has 0 spiro atoms. The fraction of sp³-hybridized carbons (Fsp3) is 0.200. The van der Waals surface area contributed by atoms with E-state index in [-0.39, 0.29) is 12.1 Å². The molecular weight excluding hydrogens is 465 g/mol. The van der Waals surface area contributed by atoms with Crippen LogP contribution in [-0.2, 0) is 16.1 Å². The normalized spacial score (nSPS) is 11.9. The Balaban J connectivity index is 1.65. The number of aromatic nitrogens is 2. The number of amides is 2. The van der Waals surface area contributed by atoms with Crippen LogP contribution in [0.5, 0.6) is 0 Å². The Bertz CT molecular complexity index is 1260. The molecule has 7 nitrogen and oxygen atoms in total. The highest BCUT2D eigenvalue weighted by molar-refractivity contribution is 8.00. The molecule has 2 amide bonds. The fourth-order valence-electron chi connectivity index (χ4n) is 2.64. The third-order valence-corrected chi connectivity index (χ3v) is 6.21. The van der Waals surface area contributed by atoms with E-state index in [9.17, 15) is 27.6 Å². The van der Waals surface area contributed by atoms with E-state index in [2.05, 4.69) is 22.2 Å². The van der Waals surface area contributed by atoms with Crippen LogP contribution in [0.4, 0.5) is 18.9 Å². The SMILES string of the molecule is C=CCn1c(S[C@@H](C)C(=O)NCC(=O)Nc2ccc(F)c(F)c2F)nc2ccsc2c1=O. The number of nitrogens with zero attached hydrogens (tertiary/aromatic N) is 2. The molecule has 0 bridgehead atoms. The van der Waals surface area contributed by atoms with Gasteiger partial charge in [-0.2, -0.15) is 0 Å². The maximum Gasteiger partial charge on any atom is 0.272 e. The highest BCUT2D eigenvalue weighted by Crippen LogP contribution is 2.24. The van der Waals surface area contributed by atoms with Crippen molar-refractivity contribution in [2.24, 2.45) is 0 Å². The Kier molecular flexibility index (Phi) is 7.36. The monoisotopic (exact) mass is 482 g/mol. The van der Waals surface area contributed by atoms with Gasteiger partial charge in [-0.05, 0) is 30.5 Å². The Hall–Kier alpha value is -3.12. The van der Waals surface area contributed by atoms with Crippen LogP contribution in [-0.4, -0.2) is 33.2 Å². The summed E-state index contributed by atoms with van der Waals surface area (Å²) in [5.74, 6) is -6.01. The van der Waals surface area contributed by atoms with Crippen LogP contribution in [0.25, 0.3) is 10.2 Å². The number of rotatable bonds is 8. The van der Waals surface area contributed by atoms with Crippen LogP contribution in [0.15, 0.2) is 46.2 Å². The van der Waals surface area contributed by atoms with Crippen molar-refractivity contribution in [2.75, 3.05) is 11.9 Å². The predicted molar refractivity (Wildman–Crippen MR) is 117 cm³/mol. The van der Waals surface area contributed by atoms with Crippen LogP contribution >= 0.6 is 23.1 Å². The lowest BCUT2D eigenvalue weighted by molar-refractivity contribution is -0.123. The van der Waals surface area contributed by atoms with E-state index in [1.807, 2.05) is 0 Å². The standard InChI is InChI=1S/C20H17F3N4O3S2/c1-3-7-27-19(30)17-13(6-8-31-17)26-20(27)32-10(2)18(29)24-9-14(28)25-12-5-4-11(21)15(22)16(12)23/h3-6,8,10H,1,7,9H2,2H3,(H,24,29)(H,25,28)/t10-/m0/s1. The first-order valence-electron chi connectivity index (χ1n) is 9.19. The summed E-state index contributed by atoms with van der Waals surface area (Å²) in [5.41, 5.74) is -0.274. The average molecular weight is 483 g/mol. The van der Waals surface area contributed by atoms with Crippen molar-refractivity contribution < 1.29 is 22.8 Å². The molecule has 0 fully saturated rings. The van der Waals surface area contributed by atoms with Gasteiger partial charge >= 0.3 is 0 Å². The van der Waals surface area contributed by atoms with Crippen molar-refractivity contribution >= 4 is 50.8 Å². The van der Waals surface area contributed by atoms with Gasteiger partial charge in [0.05, 0.1) is 23.0 Å². The lowest BCUT2D eigenvalue weighted by Crippen LogP contribution is -2.37. The average Bonchev–Trinajstić information content (AvgIpc) is 3.24. The summed E-state index contributed by atoms with van der Waals surface area (Å²) in [6.45, 7) is 4.87.